The first-order valence-corrected chi connectivity index (χ1v) is 6.44. The number of methoxy groups -OCH3 is 2. The summed E-state index contributed by atoms with van der Waals surface area (Å²) < 4.78 is 10.6. The highest BCUT2D eigenvalue weighted by molar-refractivity contribution is 5.43. The number of hydrogen-bond donors (Lipinski definition) is 1. The lowest BCUT2D eigenvalue weighted by molar-refractivity contribution is 0.354. The Bertz CT molecular complexity index is 546. The molecular formula is C15H19N3O2. The van der Waals surface area contributed by atoms with Gasteiger partial charge in [-0.05, 0) is 24.6 Å². The summed E-state index contributed by atoms with van der Waals surface area (Å²) in [6.45, 7) is 2.76. The number of benzene rings is 1. The van der Waals surface area contributed by atoms with Crippen LogP contribution >= 0.6 is 0 Å². The molecule has 5 heteroatoms. The largest absolute Gasteiger partial charge is 0.493 e. The maximum absolute atomic E-state index is 5.31. The summed E-state index contributed by atoms with van der Waals surface area (Å²) in [4.78, 5) is 8.28. The third-order valence-electron chi connectivity index (χ3n) is 3.11. The second-order valence-electron chi connectivity index (χ2n) is 4.41. The van der Waals surface area contributed by atoms with Crippen molar-refractivity contribution in [2.45, 2.75) is 19.5 Å². The van der Waals surface area contributed by atoms with E-state index in [1.54, 1.807) is 32.8 Å². The molecule has 2 rings (SSSR count). The summed E-state index contributed by atoms with van der Waals surface area (Å²) in [5.74, 6) is 1.47. The van der Waals surface area contributed by atoms with E-state index < -0.39 is 0 Å². The number of nitrogens with one attached hydrogen (secondary N) is 1. The van der Waals surface area contributed by atoms with Crippen LogP contribution in [0.25, 0.3) is 0 Å². The van der Waals surface area contributed by atoms with Crippen LogP contribution in [0.3, 0.4) is 0 Å². The van der Waals surface area contributed by atoms with Gasteiger partial charge in [0.05, 0.1) is 19.9 Å². The first-order chi connectivity index (χ1) is 9.74. The summed E-state index contributed by atoms with van der Waals surface area (Å²) in [5, 5.41) is 3.41. The second kappa shape index (κ2) is 6.86. The third kappa shape index (κ3) is 3.45. The lowest BCUT2D eigenvalue weighted by atomic mass is 10.1. The van der Waals surface area contributed by atoms with Gasteiger partial charge in [0.1, 0.15) is 0 Å². The molecule has 0 radical (unpaired) electrons. The second-order valence-corrected chi connectivity index (χ2v) is 4.41. The van der Waals surface area contributed by atoms with Crippen LogP contribution in [0.4, 0.5) is 0 Å². The minimum absolute atomic E-state index is 0.178. The SMILES string of the molecule is COc1ccc(C(C)NCc2cnccn2)cc1OC. The van der Waals surface area contributed by atoms with Crippen molar-refractivity contribution in [3.05, 3.63) is 48.0 Å². The zero-order valence-electron chi connectivity index (χ0n) is 12.0. The monoisotopic (exact) mass is 273 g/mol. The molecule has 0 bridgehead atoms. The van der Waals surface area contributed by atoms with Crippen molar-refractivity contribution in [1.29, 1.82) is 0 Å². The minimum atomic E-state index is 0.178. The van der Waals surface area contributed by atoms with E-state index in [1.807, 2.05) is 18.2 Å². The van der Waals surface area contributed by atoms with Gasteiger partial charge in [0, 0.05) is 31.2 Å². The molecule has 0 saturated carbocycles. The molecule has 106 valence electrons. The molecule has 1 aromatic heterocycles. The van der Waals surface area contributed by atoms with Crippen LogP contribution in [0.1, 0.15) is 24.2 Å². The summed E-state index contributed by atoms with van der Waals surface area (Å²) in [7, 11) is 3.27. The first kappa shape index (κ1) is 14.3. The molecule has 20 heavy (non-hydrogen) atoms. The lowest BCUT2D eigenvalue weighted by Crippen LogP contribution is -2.18. The molecule has 1 atom stereocenters. The molecule has 0 amide bonds. The van der Waals surface area contributed by atoms with Crippen molar-refractivity contribution < 1.29 is 9.47 Å². The summed E-state index contributed by atoms with van der Waals surface area (Å²) in [5.41, 5.74) is 2.05. The maximum Gasteiger partial charge on any atom is 0.161 e. The van der Waals surface area contributed by atoms with Crippen molar-refractivity contribution in [2.24, 2.45) is 0 Å². The van der Waals surface area contributed by atoms with E-state index >= 15 is 0 Å². The highest BCUT2D eigenvalue weighted by atomic mass is 16.5. The van der Waals surface area contributed by atoms with Gasteiger partial charge in [-0.25, -0.2) is 0 Å². The third-order valence-corrected chi connectivity index (χ3v) is 3.11. The van der Waals surface area contributed by atoms with Crippen LogP contribution in [0.2, 0.25) is 0 Å². The highest BCUT2D eigenvalue weighted by Crippen LogP contribution is 2.29. The van der Waals surface area contributed by atoms with Crippen LogP contribution in [0.5, 0.6) is 11.5 Å². The lowest BCUT2D eigenvalue weighted by Gasteiger charge is -2.16. The number of hydrogen-bond acceptors (Lipinski definition) is 5. The fourth-order valence-electron chi connectivity index (χ4n) is 1.92. The normalized spacial score (nSPS) is 11.9. The Morgan fingerprint density at radius 3 is 2.60 bits per heavy atom. The van der Waals surface area contributed by atoms with E-state index in [0.717, 1.165) is 22.8 Å². The Kier molecular flexibility index (Phi) is 4.90. The number of ether oxygens (including phenoxy) is 2. The van der Waals surface area contributed by atoms with Crippen LogP contribution in [-0.2, 0) is 6.54 Å². The molecule has 0 aliphatic carbocycles. The van der Waals surface area contributed by atoms with Crippen LogP contribution in [-0.4, -0.2) is 24.2 Å². The minimum Gasteiger partial charge on any atom is -0.493 e. The molecular weight excluding hydrogens is 254 g/mol. The zero-order chi connectivity index (χ0) is 14.4. The van der Waals surface area contributed by atoms with Gasteiger partial charge in [0.25, 0.3) is 0 Å². The van der Waals surface area contributed by atoms with E-state index in [4.69, 9.17) is 9.47 Å². The summed E-state index contributed by atoms with van der Waals surface area (Å²) in [6.07, 6.45) is 5.12. The van der Waals surface area contributed by atoms with Crippen LogP contribution in [0.15, 0.2) is 36.8 Å². The standard InChI is InChI=1S/C15H19N3O2/c1-11(18-10-13-9-16-6-7-17-13)12-4-5-14(19-2)15(8-12)20-3/h4-9,11,18H,10H2,1-3H3. The molecule has 0 saturated heterocycles. The Labute approximate surface area is 119 Å². The van der Waals surface area contributed by atoms with Crippen LogP contribution in [0, 0.1) is 0 Å². The van der Waals surface area contributed by atoms with E-state index in [9.17, 15) is 0 Å². The maximum atomic E-state index is 5.31. The fraction of sp³-hybridized carbons (Fsp3) is 0.333. The van der Waals surface area contributed by atoms with Crippen LogP contribution < -0.4 is 14.8 Å². The molecule has 0 fully saturated rings. The Morgan fingerprint density at radius 1 is 1.15 bits per heavy atom. The molecule has 1 unspecified atom stereocenters. The summed E-state index contributed by atoms with van der Waals surface area (Å²) >= 11 is 0. The van der Waals surface area contributed by atoms with Gasteiger partial charge in [-0.2, -0.15) is 0 Å². The molecule has 1 heterocycles. The zero-order valence-corrected chi connectivity index (χ0v) is 12.0. The fourth-order valence-corrected chi connectivity index (χ4v) is 1.92. The van der Waals surface area contributed by atoms with Gasteiger partial charge in [0.15, 0.2) is 11.5 Å². The first-order valence-electron chi connectivity index (χ1n) is 6.44. The molecule has 0 spiro atoms. The van der Waals surface area contributed by atoms with E-state index in [0.29, 0.717) is 6.54 Å². The van der Waals surface area contributed by atoms with Gasteiger partial charge in [-0.1, -0.05) is 6.07 Å². The average Bonchev–Trinajstić information content (AvgIpc) is 2.52. The van der Waals surface area contributed by atoms with Crippen molar-refractivity contribution in [1.82, 2.24) is 15.3 Å². The van der Waals surface area contributed by atoms with Crippen molar-refractivity contribution >= 4 is 0 Å². The highest BCUT2D eigenvalue weighted by Gasteiger charge is 2.10. The van der Waals surface area contributed by atoms with Crippen molar-refractivity contribution in [3.8, 4) is 11.5 Å². The molecule has 0 aliphatic heterocycles. The molecule has 0 aliphatic rings. The smallest absolute Gasteiger partial charge is 0.161 e. The Morgan fingerprint density at radius 2 is 1.95 bits per heavy atom. The van der Waals surface area contributed by atoms with Crippen molar-refractivity contribution in [2.75, 3.05) is 14.2 Å². The number of nitrogens with zero attached hydrogens (tertiary/aromatic N) is 2. The van der Waals surface area contributed by atoms with Gasteiger partial charge >= 0.3 is 0 Å². The topological polar surface area (TPSA) is 56.3 Å². The summed E-state index contributed by atoms with van der Waals surface area (Å²) in [6, 6.07) is 6.09. The van der Waals surface area contributed by atoms with Gasteiger partial charge in [-0.15, -0.1) is 0 Å². The van der Waals surface area contributed by atoms with E-state index in [1.165, 1.54) is 0 Å². The van der Waals surface area contributed by atoms with Gasteiger partial charge < -0.3 is 14.8 Å². The Hall–Kier alpha value is -2.14. The number of rotatable bonds is 6. The average molecular weight is 273 g/mol. The predicted octanol–water partition coefficient (Wildman–Crippen LogP) is 2.34. The van der Waals surface area contributed by atoms with Gasteiger partial charge in [-0.3, -0.25) is 9.97 Å². The molecule has 2 aromatic rings. The Balaban J connectivity index is 2.03. The van der Waals surface area contributed by atoms with E-state index in [-0.39, 0.29) is 6.04 Å². The molecule has 1 aromatic carbocycles. The van der Waals surface area contributed by atoms with Crippen molar-refractivity contribution in [3.63, 3.8) is 0 Å². The number of aromatic nitrogens is 2. The quantitative estimate of drug-likeness (QED) is 0.875. The molecule has 1 N–H and O–H groups in total. The van der Waals surface area contributed by atoms with Gasteiger partial charge in [0.2, 0.25) is 0 Å². The molecule has 5 nitrogen and oxygen atoms in total. The predicted molar refractivity (Wildman–Crippen MR) is 76.8 cm³/mol. The van der Waals surface area contributed by atoms with E-state index in [2.05, 4.69) is 22.2 Å².